The molecular formula is C17H22N6O. The fraction of sp³-hybridized carbons (Fsp3) is 0.529. The monoisotopic (exact) mass is 326 g/mol. The van der Waals surface area contributed by atoms with Gasteiger partial charge in [-0.05, 0) is 19.3 Å². The molecule has 0 radical (unpaired) electrons. The summed E-state index contributed by atoms with van der Waals surface area (Å²) in [5, 5.41) is 0. The van der Waals surface area contributed by atoms with Gasteiger partial charge in [0.05, 0.1) is 12.8 Å². The SMILES string of the molecule is COc1cc(N(C2CC2)C2CCN(Cc3cnccn3)C2)ncn1. The number of anilines is 1. The third kappa shape index (κ3) is 3.31. The highest BCUT2D eigenvalue weighted by molar-refractivity contribution is 5.45. The van der Waals surface area contributed by atoms with Crippen LogP contribution in [0.3, 0.4) is 0 Å². The van der Waals surface area contributed by atoms with E-state index in [0.717, 1.165) is 37.6 Å². The van der Waals surface area contributed by atoms with Crippen molar-refractivity contribution in [2.45, 2.75) is 37.9 Å². The van der Waals surface area contributed by atoms with Crippen molar-refractivity contribution in [3.63, 3.8) is 0 Å². The minimum Gasteiger partial charge on any atom is -0.481 e. The van der Waals surface area contributed by atoms with Crippen molar-refractivity contribution in [3.05, 3.63) is 36.7 Å². The molecule has 7 heteroatoms. The van der Waals surface area contributed by atoms with Gasteiger partial charge in [0.25, 0.3) is 0 Å². The second kappa shape index (κ2) is 6.68. The summed E-state index contributed by atoms with van der Waals surface area (Å²) in [5.41, 5.74) is 1.03. The Labute approximate surface area is 141 Å². The zero-order valence-corrected chi connectivity index (χ0v) is 13.9. The van der Waals surface area contributed by atoms with E-state index in [9.17, 15) is 0 Å². The summed E-state index contributed by atoms with van der Waals surface area (Å²) in [4.78, 5) is 22.1. The van der Waals surface area contributed by atoms with E-state index in [2.05, 4.69) is 29.7 Å². The molecule has 2 fully saturated rings. The molecule has 1 aliphatic heterocycles. The van der Waals surface area contributed by atoms with E-state index >= 15 is 0 Å². The number of likely N-dealkylation sites (tertiary alicyclic amines) is 1. The van der Waals surface area contributed by atoms with Crippen LogP contribution in [0.2, 0.25) is 0 Å². The third-order valence-electron chi connectivity index (χ3n) is 4.68. The van der Waals surface area contributed by atoms with Crippen LogP contribution in [0.15, 0.2) is 31.0 Å². The Kier molecular flexibility index (Phi) is 4.25. The van der Waals surface area contributed by atoms with Gasteiger partial charge in [0.15, 0.2) is 0 Å². The molecule has 126 valence electrons. The first kappa shape index (κ1) is 15.3. The van der Waals surface area contributed by atoms with E-state index in [-0.39, 0.29) is 0 Å². The molecule has 0 aromatic carbocycles. The number of hydrogen-bond donors (Lipinski definition) is 0. The maximum absolute atomic E-state index is 5.26. The Bertz CT molecular complexity index is 678. The number of methoxy groups -OCH3 is 1. The molecule has 1 unspecified atom stereocenters. The standard InChI is InChI=1S/C17H22N6O/c1-24-17-8-16(20-12-21-17)23(14-2-3-14)15-4-7-22(11-15)10-13-9-18-5-6-19-13/h5-6,8-9,12,14-15H,2-4,7,10-11H2,1H3. The smallest absolute Gasteiger partial charge is 0.218 e. The molecule has 1 atom stereocenters. The van der Waals surface area contributed by atoms with Crippen LogP contribution in [-0.2, 0) is 6.54 Å². The summed E-state index contributed by atoms with van der Waals surface area (Å²) in [6.07, 6.45) is 10.5. The van der Waals surface area contributed by atoms with E-state index in [1.807, 2.05) is 12.3 Å². The third-order valence-corrected chi connectivity index (χ3v) is 4.68. The Balaban J connectivity index is 1.47. The van der Waals surface area contributed by atoms with Crippen molar-refractivity contribution in [1.29, 1.82) is 0 Å². The van der Waals surface area contributed by atoms with Gasteiger partial charge in [0.2, 0.25) is 5.88 Å². The summed E-state index contributed by atoms with van der Waals surface area (Å²) in [6.45, 7) is 2.96. The van der Waals surface area contributed by atoms with E-state index in [1.165, 1.54) is 12.8 Å². The Morgan fingerprint density at radius 3 is 2.83 bits per heavy atom. The van der Waals surface area contributed by atoms with Gasteiger partial charge in [-0.1, -0.05) is 0 Å². The molecule has 24 heavy (non-hydrogen) atoms. The lowest BCUT2D eigenvalue weighted by atomic mass is 10.2. The quantitative estimate of drug-likeness (QED) is 0.797. The molecule has 0 amide bonds. The van der Waals surface area contributed by atoms with E-state index < -0.39 is 0 Å². The van der Waals surface area contributed by atoms with Gasteiger partial charge in [0.1, 0.15) is 12.1 Å². The maximum Gasteiger partial charge on any atom is 0.218 e. The van der Waals surface area contributed by atoms with Crippen LogP contribution in [0.5, 0.6) is 5.88 Å². The lowest BCUT2D eigenvalue weighted by Gasteiger charge is -2.30. The van der Waals surface area contributed by atoms with Crippen molar-refractivity contribution in [2.75, 3.05) is 25.1 Å². The second-order valence-electron chi connectivity index (χ2n) is 6.43. The van der Waals surface area contributed by atoms with Crippen LogP contribution in [0.25, 0.3) is 0 Å². The lowest BCUT2D eigenvalue weighted by Crippen LogP contribution is -2.40. The minimum absolute atomic E-state index is 0.480. The lowest BCUT2D eigenvalue weighted by molar-refractivity contribution is 0.320. The Hall–Kier alpha value is -2.28. The highest BCUT2D eigenvalue weighted by atomic mass is 16.5. The van der Waals surface area contributed by atoms with E-state index in [4.69, 9.17) is 4.74 Å². The fourth-order valence-corrected chi connectivity index (χ4v) is 3.43. The second-order valence-corrected chi connectivity index (χ2v) is 6.43. The van der Waals surface area contributed by atoms with Crippen molar-refractivity contribution >= 4 is 5.82 Å². The predicted octanol–water partition coefficient (Wildman–Crippen LogP) is 1.52. The van der Waals surface area contributed by atoms with Crippen LogP contribution in [0, 0.1) is 0 Å². The number of hydrogen-bond acceptors (Lipinski definition) is 7. The van der Waals surface area contributed by atoms with E-state index in [0.29, 0.717) is 18.0 Å². The molecule has 1 aliphatic carbocycles. The molecule has 1 saturated heterocycles. The normalized spacial score (nSPS) is 21.0. The predicted molar refractivity (Wildman–Crippen MR) is 89.8 cm³/mol. The molecule has 2 aliphatic rings. The summed E-state index contributed by atoms with van der Waals surface area (Å²) < 4.78 is 5.26. The highest BCUT2D eigenvalue weighted by Gasteiger charge is 2.38. The first-order valence-corrected chi connectivity index (χ1v) is 8.45. The molecule has 1 saturated carbocycles. The molecule has 7 nitrogen and oxygen atoms in total. The molecule has 2 aromatic rings. The molecular weight excluding hydrogens is 304 g/mol. The average molecular weight is 326 g/mol. The highest BCUT2D eigenvalue weighted by Crippen LogP contribution is 2.35. The van der Waals surface area contributed by atoms with Crippen LogP contribution < -0.4 is 9.64 Å². The van der Waals surface area contributed by atoms with Crippen molar-refractivity contribution < 1.29 is 4.74 Å². The number of ether oxygens (including phenoxy) is 1. The Morgan fingerprint density at radius 1 is 1.17 bits per heavy atom. The van der Waals surface area contributed by atoms with Gasteiger partial charge in [-0.15, -0.1) is 0 Å². The van der Waals surface area contributed by atoms with Crippen molar-refractivity contribution in [2.24, 2.45) is 0 Å². The van der Waals surface area contributed by atoms with Crippen molar-refractivity contribution in [1.82, 2.24) is 24.8 Å². The van der Waals surface area contributed by atoms with Gasteiger partial charge in [-0.2, -0.15) is 0 Å². The fourth-order valence-electron chi connectivity index (χ4n) is 3.43. The molecule has 0 N–H and O–H groups in total. The van der Waals surface area contributed by atoms with Gasteiger partial charge < -0.3 is 9.64 Å². The molecule has 0 bridgehead atoms. The maximum atomic E-state index is 5.26. The number of aromatic nitrogens is 4. The number of rotatable bonds is 6. The van der Waals surface area contributed by atoms with Gasteiger partial charge in [0, 0.05) is 56.4 Å². The van der Waals surface area contributed by atoms with Crippen LogP contribution in [-0.4, -0.2) is 57.1 Å². The molecule has 4 rings (SSSR count). The average Bonchev–Trinajstić information content (AvgIpc) is 3.35. The van der Waals surface area contributed by atoms with Crippen LogP contribution in [0.4, 0.5) is 5.82 Å². The summed E-state index contributed by atoms with van der Waals surface area (Å²) >= 11 is 0. The Morgan fingerprint density at radius 2 is 2.08 bits per heavy atom. The minimum atomic E-state index is 0.480. The largest absolute Gasteiger partial charge is 0.481 e. The summed E-state index contributed by atoms with van der Waals surface area (Å²) in [7, 11) is 1.64. The van der Waals surface area contributed by atoms with Gasteiger partial charge in [-0.25, -0.2) is 9.97 Å². The zero-order valence-electron chi connectivity index (χ0n) is 13.9. The summed E-state index contributed by atoms with van der Waals surface area (Å²) in [5.74, 6) is 1.61. The van der Waals surface area contributed by atoms with Crippen molar-refractivity contribution in [3.8, 4) is 5.88 Å². The van der Waals surface area contributed by atoms with Gasteiger partial charge >= 0.3 is 0 Å². The zero-order chi connectivity index (χ0) is 16.4. The van der Waals surface area contributed by atoms with Crippen LogP contribution >= 0.6 is 0 Å². The van der Waals surface area contributed by atoms with Crippen LogP contribution in [0.1, 0.15) is 25.0 Å². The topological polar surface area (TPSA) is 67.3 Å². The molecule has 2 aromatic heterocycles. The number of nitrogens with zero attached hydrogens (tertiary/aromatic N) is 6. The van der Waals surface area contributed by atoms with Gasteiger partial charge in [-0.3, -0.25) is 14.9 Å². The van der Waals surface area contributed by atoms with E-state index in [1.54, 1.807) is 25.8 Å². The molecule has 3 heterocycles. The first-order chi connectivity index (χ1) is 11.8. The summed E-state index contributed by atoms with van der Waals surface area (Å²) in [6, 6.07) is 3.03. The first-order valence-electron chi connectivity index (χ1n) is 8.45. The molecule has 0 spiro atoms.